The van der Waals surface area contributed by atoms with Crippen molar-refractivity contribution in [2.45, 2.75) is 32.2 Å². The normalized spacial score (nSPS) is 14.0. The molecule has 0 heterocycles. The van der Waals surface area contributed by atoms with Crippen molar-refractivity contribution < 1.29 is 4.74 Å². The minimum atomic E-state index is 0.626. The van der Waals surface area contributed by atoms with Crippen LogP contribution in [0, 0.1) is 0 Å². The Labute approximate surface area is 131 Å². The summed E-state index contributed by atoms with van der Waals surface area (Å²) in [5.74, 6) is 1.51. The van der Waals surface area contributed by atoms with Crippen LogP contribution in [0.1, 0.15) is 36.8 Å². The van der Waals surface area contributed by atoms with Crippen molar-refractivity contribution in [1.29, 1.82) is 0 Å². The van der Waals surface area contributed by atoms with E-state index in [9.17, 15) is 0 Å². The Bertz CT molecular complexity index is 622. The molecule has 0 amide bonds. The topological polar surface area (TPSA) is 21.3 Å². The Morgan fingerprint density at radius 1 is 1.19 bits per heavy atom. The van der Waals surface area contributed by atoms with Gasteiger partial charge in [-0.25, -0.2) is 0 Å². The first-order valence-electron chi connectivity index (χ1n) is 7.52. The maximum absolute atomic E-state index is 6.22. The largest absolute Gasteiger partial charge is 0.492 e. The molecule has 2 aromatic rings. The predicted octanol–water partition coefficient (Wildman–Crippen LogP) is 5.23. The SMILES string of the molecule is CCOc1ccc(NCc2ccccc2C2CC2)cc1Cl. The second-order valence-corrected chi connectivity index (χ2v) is 5.81. The van der Waals surface area contributed by atoms with Gasteiger partial charge in [0, 0.05) is 12.2 Å². The quantitative estimate of drug-likeness (QED) is 0.789. The molecule has 0 aromatic heterocycles. The van der Waals surface area contributed by atoms with Crippen molar-refractivity contribution in [3.63, 3.8) is 0 Å². The van der Waals surface area contributed by atoms with Gasteiger partial charge in [0.2, 0.25) is 0 Å². The molecular formula is C18H20ClNO. The average Bonchev–Trinajstić information content (AvgIpc) is 3.33. The molecule has 2 aromatic carbocycles. The van der Waals surface area contributed by atoms with E-state index in [4.69, 9.17) is 16.3 Å². The fourth-order valence-corrected chi connectivity index (χ4v) is 2.80. The van der Waals surface area contributed by atoms with Gasteiger partial charge in [-0.1, -0.05) is 35.9 Å². The molecule has 0 spiro atoms. The monoisotopic (exact) mass is 301 g/mol. The molecule has 0 unspecified atom stereocenters. The third kappa shape index (κ3) is 3.51. The molecule has 0 bridgehead atoms. The molecular weight excluding hydrogens is 282 g/mol. The number of anilines is 1. The van der Waals surface area contributed by atoms with Gasteiger partial charge in [0.1, 0.15) is 5.75 Å². The smallest absolute Gasteiger partial charge is 0.138 e. The first-order chi connectivity index (χ1) is 10.3. The lowest BCUT2D eigenvalue weighted by molar-refractivity contribution is 0.340. The van der Waals surface area contributed by atoms with Crippen molar-refractivity contribution in [2.75, 3.05) is 11.9 Å². The van der Waals surface area contributed by atoms with E-state index in [1.807, 2.05) is 25.1 Å². The van der Waals surface area contributed by atoms with Crippen molar-refractivity contribution in [1.82, 2.24) is 0 Å². The number of ether oxygens (including phenoxy) is 1. The summed E-state index contributed by atoms with van der Waals surface area (Å²) in [6.45, 7) is 3.41. The van der Waals surface area contributed by atoms with Crippen LogP contribution in [0.4, 0.5) is 5.69 Å². The highest BCUT2D eigenvalue weighted by molar-refractivity contribution is 6.32. The molecule has 0 aliphatic heterocycles. The maximum Gasteiger partial charge on any atom is 0.138 e. The van der Waals surface area contributed by atoms with Crippen LogP contribution in [0.2, 0.25) is 5.02 Å². The van der Waals surface area contributed by atoms with Gasteiger partial charge in [-0.15, -0.1) is 0 Å². The van der Waals surface area contributed by atoms with Gasteiger partial charge in [-0.05, 0) is 55.0 Å². The van der Waals surface area contributed by atoms with E-state index in [1.54, 1.807) is 0 Å². The molecule has 1 aliphatic rings. The van der Waals surface area contributed by atoms with Crippen molar-refractivity contribution >= 4 is 17.3 Å². The molecule has 0 atom stereocenters. The summed E-state index contributed by atoms with van der Waals surface area (Å²) >= 11 is 6.22. The molecule has 3 heteroatoms. The van der Waals surface area contributed by atoms with E-state index in [-0.39, 0.29) is 0 Å². The maximum atomic E-state index is 6.22. The third-order valence-corrected chi connectivity index (χ3v) is 4.08. The van der Waals surface area contributed by atoms with Gasteiger partial charge >= 0.3 is 0 Å². The van der Waals surface area contributed by atoms with Gasteiger partial charge in [0.15, 0.2) is 0 Å². The number of hydrogen-bond acceptors (Lipinski definition) is 2. The highest BCUT2D eigenvalue weighted by Crippen LogP contribution is 2.41. The van der Waals surface area contributed by atoms with Crippen LogP contribution in [0.5, 0.6) is 5.75 Å². The fourth-order valence-electron chi connectivity index (χ4n) is 2.57. The minimum Gasteiger partial charge on any atom is -0.492 e. The van der Waals surface area contributed by atoms with E-state index in [1.165, 1.54) is 24.0 Å². The van der Waals surface area contributed by atoms with Gasteiger partial charge < -0.3 is 10.1 Å². The number of nitrogens with one attached hydrogen (secondary N) is 1. The van der Waals surface area contributed by atoms with Crippen molar-refractivity contribution in [2.24, 2.45) is 0 Å². The minimum absolute atomic E-state index is 0.626. The highest BCUT2D eigenvalue weighted by atomic mass is 35.5. The van der Waals surface area contributed by atoms with Crippen molar-refractivity contribution in [3.05, 3.63) is 58.6 Å². The van der Waals surface area contributed by atoms with Crippen LogP contribution < -0.4 is 10.1 Å². The zero-order valence-electron chi connectivity index (χ0n) is 12.2. The van der Waals surface area contributed by atoms with Crippen LogP contribution in [0.15, 0.2) is 42.5 Å². The molecule has 1 N–H and O–H groups in total. The van der Waals surface area contributed by atoms with E-state index in [2.05, 4.69) is 29.6 Å². The first kappa shape index (κ1) is 14.3. The zero-order valence-corrected chi connectivity index (χ0v) is 13.0. The molecule has 21 heavy (non-hydrogen) atoms. The Kier molecular flexibility index (Phi) is 4.35. The second-order valence-electron chi connectivity index (χ2n) is 5.40. The lowest BCUT2D eigenvalue weighted by Gasteiger charge is -2.12. The molecule has 2 nitrogen and oxygen atoms in total. The first-order valence-corrected chi connectivity index (χ1v) is 7.89. The van der Waals surface area contributed by atoms with Crippen LogP contribution in [-0.2, 0) is 6.54 Å². The van der Waals surface area contributed by atoms with Crippen LogP contribution in [-0.4, -0.2) is 6.61 Å². The lowest BCUT2D eigenvalue weighted by Crippen LogP contribution is -2.02. The summed E-state index contributed by atoms with van der Waals surface area (Å²) < 4.78 is 5.45. The summed E-state index contributed by atoms with van der Waals surface area (Å²) in [6.07, 6.45) is 2.65. The predicted molar refractivity (Wildman–Crippen MR) is 88.4 cm³/mol. The highest BCUT2D eigenvalue weighted by Gasteiger charge is 2.25. The number of rotatable bonds is 6. The van der Waals surface area contributed by atoms with Gasteiger partial charge in [-0.3, -0.25) is 0 Å². The Balaban J connectivity index is 1.69. The Hall–Kier alpha value is -1.67. The number of halogens is 1. The summed E-state index contributed by atoms with van der Waals surface area (Å²) in [5, 5.41) is 4.10. The summed E-state index contributed by atoms with van der Waals surface area (Å²) in [7, 11) is 0. The van der Waals surface area contributed by atoms with Gasteiger partial charge in [-0.2, -0.15) is 0 Å². The van der Waals surface area contributed by atoms with E-state index >= 15 is 0 Å². The summed E-state index contributed by atoms with van der Waals surface area (Å²) in [6, 6.07) is 14.5. The number of hydrogen-bond donors (Lipinski definition) is 1. The van der Waals surface area contributed by atoms with E-state index < -0.39 is 0 Å². The molecule has 3 rings (SSSR count). The lowest BCUT2D eigenvalue weighted by atomic mass is 10.0. The molecule has 1 saturated carbocycles. The fraction of sp³-hybridized carbons (Fsp3) is 0.333. The van der Waals surface area contributed by atoms with E-state index in [0.29, 0.717) is 11.6 Å². The molecule has 1 aliphatic carbocycles. The third-order valence-electron chi connectivity index (χ3n) is 3.79. The van der Waals surface area contributed by atoms with Gasteiger partial charge in [0.25, 0.3) is 0 Å². The van der Waals surface area contributed by atoms with Crippen molar-refractivity contribution in [3.8, 4) is 5.75 Å². The average molecular weight is 302 g/mol. The molecule has 110 valence electrons. The van der Waals surface area contributed by atoms with E-state index in [0.717, 1.165) is 23.9 Å². The summed E-state index contributed by atoms with van der Waals surface area (Å²) in [4.78, 5) is 0. The molecule has 1 fully saturated rings. The van der Waals surface area contributed by atoms with Crippen LogP contribution >= 0.6 is 11.6 Å². The zero-order chi connectivity index (χ0) is 14.7. The summed E-state index contributed by atoms with van der Waals surface area (Å²) in [5.41, 5.74) is 3.89. The standard InChI is InChI=1S/C18H20ClNO/c1-2-21-18-10-9-15(11-17(18)19)20-12-14-5-3-4-6-16(14)13-7-8-13/h3-6,9-11,13,20H,2,7-8,12H2,1H3. The number of benzene rings is 2. The van der Waals surface area contributed by atoms with Crippen LogP contribution in [0.25, 0.3) is 0 Å². The van der Waals surface area contributed by atoms with Gasteiger partial charge in [0.05, 0.1) is 11.6 Å². The Morgan fingerprint density at radius 3 is 2.71 bits per heavy atom. The van der Waals surface area contributed by atoms with Crippen LogP contribution in [0.3, 0.4) is 0 Å². The Morgan fingerprint density at radius 2 is 2.00 bits per heavy atom. The second kappa shape index (κ2) is 6.40. The molecule has 0 radical (unpaired) electrons. The molecule has 0 saturated heterocycles.